The van der Waals surface area contributed by atoms with Crippen LogP contribution in [0.5, 0.6) is 0 Å². The van der Waals surface area contributed by atoms with Crippen molar-refractivity contribution in [3.8, 4) is 0 Å². The lowest BCUT2D eigenvalue weighted by atomic mass is 10.0. The van der Waals surface area contributed by atoms with E-state index in [1.807, 2.05) is 30.3 Å². The molecule has 2 rings (SSSR count). The quantitative estimate of drug-likeness (QED) is 0.824. The third-order valence-electron chi connectivity index (χ3n) is 2.55. The van der Waals surface area contributed by atoms with Crippen LogP contribution < -0.4 is 5.73 Å². The summed E-state index contributed by atoms with van der Waals surface area (Å²) in [4.78, 5) is 10.7. The summed E-state index contributed by atoms with van der Waals surface area (Å²) in [5, 5.41) is 9.73. The Labute approximate surface area is 92.7 Å². The highest BCUT2D eigenvalue weighted by Crippen LogP contribution is 2.26. The molecule has 0 aliphatic rings. The highest BCUT2D eigenvalue weighted by atomic mass is 16.4. The maximum absolute atomic E-state index is 10.7. The van der Waals surface area contributed by atoms with Gasteiger partial charge in [-0.1, -0.05) is 18.2 Å². The predicted molar refractivity (Wildman–Crippen MR) is 60.3 cm³/mol. The van der Waals surface area contributed by atoms with Gasteiger partial charge in [-0.25, -0.2) is 0 Å². The second-order valence-electron chi connectivity index (χ2n) is 3.72. The van der Waals surface area contributed by atoms with E-state index in [0.29, 0.717) is 5.76 Å². The first-order valence-corrected chi connectivity index (χ1v) is 5.11. The van der Waals surface area contributed by atoms with E-state index < -0.39 is 5.97 Å². The van der Waals surface area contributed by atoms with Crippen molar-refractivity contribution in [2.45, 2.75) is 12.3 Å². The number of fused-ring (bicyclic) bond motifs is 1. The first-order chi connectivity index (χ1) is 7.70. The van der Waals surface area contributed by atoms with E-state index in [4.69, 9.17) is 15.3 Å². The largest absolute Gasteiger partial charge is 0.481 e. The minimum Gasteiger partial charge on any atom is -0.481 e. The third kappa shape index (κ3) is 2.06. The number of nitrogens with two attached hydrogens (primary N) is 1. The molecule has 0 amide bonds. The van der Waals surface area contributed by atoms with Crippen molar-refractivity contribution >= 4 is 16.9 Å². The molecular weight excluding hydrogens is 206 g/mol. The van der Waals surface area contributed by atoms with Crippen LogP contribution in [0.4, 0.5) is 0 Å². The van der Waals surface area contributed by atoms with Gasteiger partial charge in [-0.05, 0) is 12.1 Å². The fraction of sp³-hybridized carbons (Fsp3) is 0.250. The number of aliphatic carboxylic acids is 1. The Bertz CT molecular complexity index is 471. The molecule has 84 valence electrons. The summed E-state index contributed by atoms with van der Waals surface area (Å²) in [6.45, 7) is 0.270. The van der Waals surface area contributed by atoms with Crippen LogP contribution in [-0.4, -0.2) is 17.6 Å². The van der Waals surface area contributed by atoms with Gasteiger partial charge < -0.3 is 15.3 Å². The van der Waals surface area contributed by atoms with E-state index in [9.17, 15) is 4.79 Å². The van der Waals surface area contributed by atoms with Gasteiger partial charge in [0.1, 0.15) is 11.3 Å². The van der Waals surface area contributed by atoms with E-state index in [1.165, 1.54) is 0 Å². The summed E-state index contributed by atoms with van der Waals surface area (Å²) in [6.07, 6.45) is -0.00365. The smallest absolute Gasteiger partial charge is 0.304 e. The lowest BCUT2D eigenvalue weighted by molar-refractivity contribution is -0.137. The van der Waals surface area contributed by atoms with Crippen LogP contribution >= 0.6 is 0 Å². The van der Waals surface area contributed by atoms with Gasteiger partial charge in [0, 0.05) is 17.8 Å². The molecule has 1 aromatic carbocycles. The lowest BCUT2D eigenvalue weighted by Crippen LogP contribution is -2.15. The number of furan rings is 1. The normalized spacial score (nSPS) is 12.8. The number of benzene rings is 1. The number of hydrogen-bond acceptors (Lipinski definition) is 3. The number of carboxylic acid groups (broad SMARTS) is 1. The van der Waals surface area contributed by atoms with Gasteiger partial charge in [-0.15, -0.1) is 0 Å². The number of carbonyl (C=O) groups is 1. The van der Waals surface area contributed by atoms with Gasteiger partial charge in [0.2, 0.25) is 0 Å². The summed E-state index contributed by atoms with van der Waals surface area (Å²) in [7, 11) is 0. The maximum atomic E-state index is 10.7. The van der Waals surface area contributed by atoms with E-state index in [-0.39, 0.29) is 18.9 Å². The minimum absolute atomic E-state index is 0.00365. The molecular formula is C12H13NO3. The zero-order valence-electron chi connectivity index (χ0n) is 8.72. The summed E-state index contributed by atoms with van der Waals surface area (Å²) >= 11 is 0. The Morgan fingerprint density at radius 1 is 1.44 bits per heavy atom. The summed E-state index contributed by atoms with van der Waals surface area (Å²) in [5.74, 6) is -0.480. The van der Waals surface area contributed by atoms with Crippen molar-refractivity contribution in [2.24, 2.45) is 5.73 Å². The number of para-hydroxylation sites is 1. The van der Waals surface area contributed by atoms with E-state index in [0.717, 1.165) is 11.0 Å². The molecule has 1 aromatic heterocycles. The van der Waals surface area contributed by atoms with Crippen molar-refractivity contribution < 1.29 is 14.3 Å². The summed E-state index contributed by atoms with van der Waals surface area (Å²) < 4.78 is 5.58. The third-order valence-corrected chi connectivity index (χ3v) is 2.55. The fourth-order valence-corrected chi connectivity index (χ4v) is 1.71. The van der Waals surface area contributed by atoms with Crippen LogP contribution in [0.2, 0.25) is 0 Å². The zero-order chi connectivity index (χ0) is 11.5. The van der Waals surface area contributed by atoms with Crippen LogP contribution in [0.3, 0.4) is 0 Å². The lowest BCUT2D eigenvalue weighted by Gasteiger charge is -2.07. The maximum Gasteiger partial charge on any atom is 0.304 e. The Kier molecular flexibility index (Phi) is 2.92. The second-order valence-corrected chi connectivity index (χ2v) is 3.72. The summed E-state index contributed by atoms with van der Waals surface area (Å²) in [5.41, 5.74) is 6.32. The number of carboxylic acids is 1. The molecule has 0 spiro atoms. The molecule has 4 heteroatoms. The van der Waals surface area contributed by atoms with Crippen molar-refractivity contribution in [1.82, 2.24) is 0 Å². The molecule has 0 fully saturated rings. The number of hydrogen-bond donors (Lipinski definition) is 2. The van der Waals surface area contributed by atoms with Gasteiger partial charge in [0.25, 0.3) is 0 Å². The Balaban J connectivity index is 2.34. The molecule has 0 saturated carbocycles. The van der Waals surface area contributed by atoms with Crippen LogP contribution in [0.15, 0.2) is 34.7 Å². The molecule has 0 saturated heterocycles. The van der Waals surface area contributed by atoms with Crippen LogP contribution in [0.1, 0.15) is 18.1 Å². The average molecular weight is 219 g/mol. The molecule has 1 heterocycles. The molecule has 1 atom stereocenters. The van der Waals surface area contributed by atoms with Gasteiger partial charge >= 0.3 is 5.97 Å². The Hall–Kier alpha value is -1.81. The molecule has 0 radical (unpaired) electrons. The minimum atomic E-state index is -0.865. The van der Waals surface area contributed by atoms with Crippen molar-refractivity contribution in [3.05, 3.63) is 36.1 Å². The molecule has 2 aromatic rings. The SMILES string of the molecule is NC[C@@H](CC(=O)O)c1cc2ccccc2o1. The van der Waals surface area contributed by atoms with Crippen LogP contribution in [0.25, 0.3) is 11.0 Å². The van der Waals surface area contributed by atoms with Crippen molar-refractivity contribution in [3.63, 3.8) is 0 Å². The van der Waals surface area contributed by atoms with E-state index >= 15 is 0 Å². The van der Waals surface area contributed by atoms with Gasteiger partial charge in [-0.3, -0.25) is 4.79 Å². The van der Waals surface area contributed by atoms with Crippen molar-refractivity contribution in [1.29, 1.82) is 0 Å². The zero-order valence-corrected chi connectivity index (χ0v) is 8.72. The molecule has 0 aliphatic carbocycles. The average Bonchev–Trinajstić information content (AvgIpc) is 2.68. The van der Waals surface area contributed by atoms with E-state index in [1.54, 1.807) is 0 Å². The Morgan fingerprint density at radius 2 is 2.19 bits per heavy atom. The topological polar surface area (TPSA) is 76.5 Å². The van der Waals surface area contributed by atoms with E-state index in [2.05, 4.69) is 0 Å². The second kappa shape index (κ2) is 4.37. The standard InChI is InChI=1S/C12H13NO3/c13-7-9(6-12(14)15)11-5-8-3-1-2-4-10(8)16-11/h1-5,9H,6-7,13H2,(H,14,15)/t9-/m1/s1. The first-order valence-electron chi connectivity index (χ1n) is 5.11. The molecule has 16 heavy (non-hydrogen) atoms. The van der Waals surface area contributed by atoms with Crippen LogP contribution in [0, 0.1) is 0 Å². The number of rotatable bonds is 4. The molecule has 0 bridgehead atoms. The molecule has 3 N–H and O–H groups in total. The summed E-state index contributed by atoms with van der Waals surface area (Å²) in [6, 6.07) is 9.43. The highest BCUT2D eigenvalue weighted by molar-refractivity contribution is 5.78. The van der Waals surface area contributed by atoms with Gasteiger partial charge in [0.05, 0.1) is 6.42 Å². The predicted octanol–water partition coefficient (Wildman–Crippen LogP) is 1.95. The molecule has 4 nitrogen and oxygen atoms in total. The highest BCUT2D eigenvalue weighted by Gasteiger charge is 2.17. The first kappa shape index (κ1) is 10.7. The fourth-order valence-electron chi connectivity index (χ4n) is 1.71. The molecule has 0 unspecified atom stereocenters. The van der Waals surface area contributed by atoms with Crippen molar-refractivity contribution in [2.75, 3.05) is 6.54 Å². The molecule has 0 aliphatic heterocycles. The van der Waals surface area contributed by atoms with Gasteiger partial charge in [-0.2, -0.15) is 0 Å². The monoisotopic (exact) mass is 219 g/mol. The van der Waals surface area contributed by atoms with Crippen LogP contribution in [-0.2, 0) is 4.79 Å². The van der Waals surface area contributed by atoms with Gasteiger partial charge in [0.15, 0.2) is 0 Å². The Morgan fingerprint density at radius 3 is 2.81 bits per heavy atom.